The van der Waals surface area contributed by atoms with Gasteiger partial charge in [-0.1, -0.05) is 30.3 Å². The van der Waals surface area contributed by atoms with Crippen molar-refractivity contribution in [2.45, 2.75) is 6.61 Å². The fraction of sp³-hybridized carbons (Fsp3) is 0.0556. The number of halogens is 2. The van der Waals surface area contributed by atoms with Crippen LogP contribution in [0.4, 0.5) is 4.79 Å². The Morgan fingerprint density at radius 2 is 1.81 bits per heavy atom. The van der Waals surface area contributed by atoms with Crippen LogP contribution in [0.25, 0.3) is 6.08 Å². The smallest absolute Gasteiger partial charge is 0.319 e. The van der Waals surface area contributed by atoms with Gasteiger partial charge < -0.3 is 10.5 Å². The standard InChI is InChI=1S/C18H13I2N3O3/c19-14-7-12(6-13(9-21)17(24)23-18(22)25)8-15(20)16(14)26-10-11-4-2-1-3-5-11/h1-8H,10H2,(H3,22,23,24,25)/b13-6-. The third-order valence-corrected chi connectivity index (χ3v) is 4.76. The highest BCUT2D eigenvalue weighted by molar-refractivity contribution is 14.1. The molecule has 2 aromatic carbocycles. The minimum atomic E-state index is -1.01. The van der Waals surface area contributed by atoms with Crippen LogP contribution in [-0.2, 0) is 11.4 Å². The second kappa shape index (κ2) is 9.54. The van der Waals surface area contributed by atoms with E-state index in [9.17, 15) is 9.59 Å². The Bertz CT molecular complexity index is 883. The third kappa shape index (κ3) is 5.70. The van der Waals surface area contributed by atoms with Crippen LogP contribution in [0, 0.1) is 18.5 Å². The van der Waals surface area contributed by atoms with E-state index in [0.29, 0.717) is 12.2 Å². The van der Waals surface area contributed by atoms with Crippen molar-refractivity contribution in [1.82, 2.24) is 5.32 Å². The number of imide groups is 1. The molecule has 0 radical (unpaired) electrons. The number of nitrogens with zero attached hydrogens (tertiary/aromatic N) is 1. The van der Waals surface area contributed by atoms with Crippen LogP contribution >= 0.6 is 45.2 Å². The van der Waals surface area contributed by atoms with Crippen LogP contribution in [0.3, 0.4) is 0 Å². The minimum absolute atomic E-state index is 0.214. The summed E-state index contributed by atoms with van der Waals surface area (Å²) in [7, 11) is 0. The zero-order valence-electron chi connectivity index (χ0n) is 13.3. The molecule has 0 saturated carbocycles. The fourth-order valence-electron chi connectivity index (χ4n) is 2.02. The van der Waals surface area contributed by atoms with E-state index in [1.807, 2.05) is 35.6 Å². The summed E-state index contributed by atoms with van der Waals surface area (Å²) in [5, 5.41) is 11.0. The first-order valence-corrected chi connectivity index (χ1v) is 9.45. The molecular weight excluding hydrogens is 560 g/mol. The normalized spacial score (nSPS) is 10.7. The SMILES string of the molecule is N#C/C(=C/c1cc(I)c(OCc2ccccc2)c(I)c1)C(=O)NC(N)=O. The number of hydrogen-bond acceptors (Lipinski definition) is 4. The summed E-state index contributed by atoms with van der Waals surface area (Å²) in [6.45, 7) is 0.437. The highest BCUT2D eigenvalue weighted by atomic mass is 127. The molecule has 0 saturated heterocycles. The molecule has 0 spiro atoms. The summed E-state index contributed by atoms with van der Waals surface area (Å²) in [6, 6.07) is 14.1. The molecule has 0 aromatic heterocycles. The Hall–Kier alpha value is -2.13. The Labute approximate surface area is 177 Å². The van der Waals surface area contributed by atoms with Crippen molar-refractivity contribution >= 4 is 63.2 Å². The number of nitrogens with two attached hydrogens (primary N) is 1. The van der Waals surface area contributed by atoms with E-state index in [4.69, 9.17) is 15.7 Å². The third-order valence-electron chi connectivity index (χ3n) is 3.16. The topological polar surface area (TPSA) is 105 Å². The molecule has 26 heavy (non-hydrogen) atoms. The Kier molecular flexibility index (Phi) is 7.40. The number of amides is 3. The number of rotatable bonds is 5. The van der Waals surface area contributed by atoms with E-state index in [1.165, 1.54) is 6.08 Å². The number of carbonyl (C=O) groups is 2. The zero-order chi connectivity index (χ0) is 19.1. The van der Waals surface area contributed by atoms with Crippen molar-refractivity contribution in [3.8, 4) is 11.8 Å². The molecule has 8 heteroatoms. The summed E-state index contributed by atoms with van der Waals surface area (Å²) in [6.07, 6.45) is 1.39. The Morgan fingerprint density at radius 1 is 1.19 bits per heavy atom. The van der Waals surface area contributed by atoms with Crippen LogP contribution in [0.1, 0.15) is 11.1 Å². The highest BCUT2D eigenvalue weighted by Crippen LogP contribution is 2.30. The number of nitrogens with one attached hydrogen (secondary N) is 1. The fourth-order valence-corrected chi connectivity index (χ4v) is 4.15. The maximum Gasteiger partial charge on any atom is 0.319 e. The van der Waals surface area contributed by atoms with Crippen molar-refractivity contribution < 1.29 is 14.3 Å². The number of nitriles is 1. The van der Waals surface area contributed by atoms with Crippen molar-refractivity contribution in [3.05, 3.63) is 66.3 Å². The van der Waals surface area contributed by atoms with Gasteiger partial charge in [0.15, 0.2) is 0 Å². The maximum atomic E-state index is 11.8. The zero-order valence-corrected chi connectivity index (χ0v) is 17.6. The van der Waals surface area contributed by atoms with E-state index in [0.717, 1.165) is 18.5 Å². The molecule has 0 atom stereocenters. The van der Waals surface area contributed by atoms with Crippen molar-refractivity contribution in [3.63, 3.8) is 0 Å². The van der Waals surface area contributed by atoms with Gasteiger partial charge in [-0.25, -0.2) is 4.79 Å². The second-order valence-electron chi connectivity index (χ2n) is 5.08. The molecule has 2 aromatic rings. The number of ether oxygens (including phenoxy) is 1. The van der Waals surface area contributed by atoms with Gasteiger partial charge in [0.05, 0.1) is 7.14 Å². The van der Waals surface area contributed by atoms with Gasteiger partial charge in [0.2, 0.25) is 0 Å². The predicted molar refractivity (Wildman–Crippen MR) is 114 cm³/mol. The molecule has 0 bridgehead atoms. The summed E-state index contributed by atoms with van der Waals surface area (Å²) >= 11 is 4.27. The molecule has 3 N–H and O–H groups in total. The molecule has 0 unspecified atom stereocenters. The average molecular weight is 573 g/mol. The molecule has 0 aliphatic heterocycles. The van der Waals surface area contributed by atoms with Crippen molar-refractivity contribution in [2.75, 3.05) is 0 Å². The molecule has 0 fully saturated rings. The molecule has 3 amide bonds. The number of primary amides is 1. The summed E-state index contributed by atoms with van der Waals surface area (Å²) < 4.78 is 7.57. The monoisotopic (exact) mass is 573 g/mol. The van der Waals surface area contributed by atoms with Gasteiger partial charge in [0.1, 0.15) is 24.0 Å². The molecule has 0 aliphatic carbocycles. The summed E-state index contributed by atoms with van der Waals surface area (Å²) in [4.78, 5) is 22.5. The van der Waals surface area contributed by atoms with Gasteiger partial charge in [-0.05, 0) is 74.5 Å². The quantitative estimate of drug-likeness (QED) is 0.324. The lowest BCUT2D eigenvalue weighted by molar-refractivity contribution is -0.115. The van der Waals surface area contributed by atoms with E-state index < -0.39 is 11.9 Å². The Balaban J connectivity index is 2.22. The highest BCUT2D eigenvalue weighted by Gasteiger charge is 2.13. The lowest BCUT2D eigenvalue weighted by Gasteiger charge is -2.11. The predicted octanol–water partition coefficient (Wildman–Crippen LogP) is 3.58. The molecule has 0 aliphatic rings. The van der Waals surface area contributed by atoms with Gasteiger partial charge in [-0.3, -0.25) is 10.1 Å². The van der Waals surface area contributed by atoms with E-state index in [-0.39, 0.29) is 5.57 Å². The molecule has 2 rings (SSSR count). The lowest BCUT2D eigenvalue weighted by atomic mass is 10.1. The largest absolute Gasteiger partial charge is 0.487 e. The van der Waals surface area contributed by atoms with Gasteiger partial charge in [-0.2, -0.15) is 5.26 Å². The molecule has 6 nitrogen and oxygen atoms in total. The van der Waals surface area contributed by atoms with Crippen molar-refractivity contribution in [2.24, 2.45) is 5.73 Å². The Morgan fingerprint density at radius 3 is 2.35 bits per heavy atom. The van der Waals surface area contributed by atoms with Gasteiger partial charge >= 0.3 is 6.03 Å². The van der Waals surface area contributed by atoms with Crippen molar-refractivity contribution in [1.29, 1.82) is 5.26 Å². The van der Waals surface area contributed by atoms with Gasteiger partial charge in [-0.15, -0.1) is 0 Å². The first kappa shape index (κ1) is 20.2. The maximum absolute atomic E-state index is 11.8. The summed E-state index contributed by atoms with van der Waals surface area (Å²) in [5.74, 6) is -0.110. The number of urea groups is 1. The van der Waals surface area contributed by atoms with Gasteiger partial charge in [0.25, 0.3) is 5.91 Å². The molecule has 0 heterocycles. The molecule has 132 valence electrons. The van der Waals surface area contributed by atoms with Crippen LogP contribution in [-0.4, -0.2) is 11.9 Å². The number of carbonyl (C=O) groups excluding carboxylic acids is 2. The van der Waals surface area contributed by atoms with Crippen LogP contribution in [0.15, 0.2) is 48.0 Å². The van der Waals surface area contributed by atoms with E-state index in [1.54, 1.807) is 18.2 Å². The van der Waals surface area contributed by atoms with E-state index in [2.05, 4.69) is 45.2 Å². The van der Waals surface area contributed by atoms with Crippen LogP contribution in [0.5, 0.6) is 5.75 Å². The van der Waals surface area contributed by atoms with Crippen LogP contribution in [0.2, 0.25) is 0 Å². The van der Waals surface area contributed by atoms with E-state index >= 15 is 0 Å². The van der Waals surface area contributed by atoms with Crippen LogP contribution < -0.4 is 15.8 Å². The first-order chi connectivity index (χ1) is 12.4. The number of hydrogen-bond donors (Lipinski definition) is 2. The average Bonchev–Trinajstić information content (AvgIpc) is 2.59. The second-order valence-corrected chi connectivity index (χ2v) is 7.40. The number of benzene rings is 2. The van der Waals surface area contributed by atoms with Gasteiger partial charge in [0, 0.05) is 0 Å². The minimum Gasteiger partial charge on any atom is -0.487 e. The lowest BCUT2D eigenvalue weighted by Crippen LogP contribution is -2.35. The first-order valence-electron chi connectivity index (χ1n) is 7.29. The molecular formula is C18H13I2N3O3. The summed E-state index contributed by atoms with van der Waals surface area (Å²) in [5.41, 5.74) is 6.38.